The summed E-state index contributed by atoms with van der Waals surface area (Å²) in [7, 11) is 0. The van der Waals surface area contributed by atoms with Crippen molar-refractivity contribution < 1.29 is 0 Å². The molecule has 64 saturated carbocycles. The maximum atomic E-state index is 1.78. The average Bonchev–Trinajstić information content (AvgIpc) is 0.479. The van der Waals surface area contributed by atoms with Crippen molar-refractivity contribution >= 4 is 0 Å². The van der Waals surface area contributed by atoms with Gasteiger partial charge in [-0.05, 0) is 572 Å². The molecule has 0 aromatic heterocycles. The van der Waals surface area contributed by atoms with Crippen LogP contribution in [0.1, 0.15) is 25.7 Å². The van der Waals surface area contributed by atoms with Gasteiger partial charge in [-0.3, -0.25) is 0 Å². The fourth-order valence-electron chi connectivity index (χ4n) is 96.5. The standard InChI is InChI=1S/C99H72/c1-5-2-8-12-16-20-24-28-32-36-40-44-48-52-56-60-64-68-66-62-58-54-50-46-42-38-34-30-26-22-18-14-10-4-6-3-9-13-17-21-25-29-33-37-41-45-49-53-57-61-65-67-63-59-55-51-47-43-39-35-31-27-23-19-15-11-7(1)69(5,8)71(11,12)73(15,16)75(19,20)77(23,24)79(27,28)81(31,32)83(35,36)85(39,40)87(43,44)89(47,48)91(51,52)93(55,56)95(59,60)97(63,64)99(67,68)98(65,66)96(61,62)94(57,58)92(53,54)90(49,50)88(45,46)86(41,42)84(37,38)82(33,34)80(29,30)78(25,26)76(21,22)74(17,18)72(13,14)70(6,9)10/h5-68H,1-4H2. The van der Waals surface area contributed by atoms with E-state index in [1.165, 1.54) is 379 Å². The van der Waals surface area contributed by atoms with E-state index in [1.807, 2.05) is 0 Å². The predicted molar refractivity (Wildman–Crippen MR) is 317 cm³/mol. The van der Waals surface area contributed by atoms with Gasteiger partial charge in [0.15, 0.2) is 0 Å². The van der Waals surface area contributed by atoms with E-state index in [0.29, 0.717) is 0 Å². The molecule has 99 heavy (non-hydrogen) atoms. The normalized spacial score (nSPS) is 131. The third kappa shape index (κ3) is 1.09. The van der Waals surface area contributed by atoms with E-state index < -0.39 is 0 Å². The highest BCUT2D eigenvalue weighted by Crippen LogP contribution is 3.49. The summed E-state index contributed by atoms with van der Waals surface area (Å²) in [5.41, 5.74) is 33.8. The molecule has 0 N–H and O–H groups in total. The Morgan fingerprint density at radius 2 is 0.172 bits per heavy atom. The van der Waals surface area contributed by atoms with Crippen LogP contribution in [0.25, 0.3) is 0 Å². The molecule has 64 rings (SSSR count). The van der Waals surface area contributed by atoms with Gasteiger partial charge in [-0.1, -0.05) is 0 Å². The molecular weight excluding hydrogens is 1190 g/mol. The first-order valence-electron chi connectivity index (χ1n) is 49.2. The largest absolute Gasteiger partial charge is 0.0461 e. The molecular formula is C99H72. The van der Waals surface area contributed by atoms with Crippen LogP contribution in [0.5, 0.6) is 0 Å². The lowest BCUT2D eigenvalue weighted by Gasteiger charge is -3.42. The van der Waals surface area contributed by atoms with Crippen molar-refractivity contribution in [2.75, 3.05) is 0 Å². The van der Waals surface area contributed by atoms with Crippen LogP contribution in [0, 0.1) is 547 Å². The van der Waals surface area contributed by atoms with Crippen LogP contribution in [0.2, 0.25) is 0 Å². The molecule has 0 radical (unpaired) electrons. The zero-order chi connectivity index (χ0) is 55.3. The molecule has 0 aliphatic heterocycles. The summed E-state index contributed by atoms with van der Waals surface area (Å²) in [6.45, 7) is 0. The lowest BCUT2D eigenvalue weighted by atomic mass is 8.61. The maximum Gasteiger partial charge on any atom is -0.00932 e. The Morgan fingerprint density at radius 3 is 0.263 bits per heavy atom. The van der Waals surface area contributed by atoms with Gasteiger partial charge in [-0.15, -0.1) is 0 Å². The smallest absolute Gasteiger partial charge is 0.00932 e. The van der Waals surface area contributed by atoms with Gasteiger partial charge in [0.05, 0.1) is 0 Å². The minimum atomic E-state index is 1.07. The number of hydrogen-bond donors (Lipinski definition) is 0. The van der Waals surface area contributed by atoms with E-state index in [9.17, 15) is 0 Å². The molecule has 0 aromatic rings. The summed E-state index contributed by atoms with van der Waals surface area (Å²) in [5.74, 6) is 89.1. The van der Waals surface area contributed by atoms with Crippen LogP contribution in [-0.2, 0) is 0 Å². The van der Waals surface area contributed by atoms with E-state index in [1.54, 1.807) is 25.7 Å². The summed E-state index contributed by atoms with van der Waals surface area (Å²) in [4.78, 5) is 0. The Labute approximate surface area is 568 Å². The molecule has 0 heterocycles. The van der Waals surface area contributed by atoms with Gasteiger partial charge in [0.25, 0.3) is 0 Å². The van der Waals surface area contributed by atoms with Gasteiger partial charge in [-0.2, -0.15) is 0 Å². The average molecular weight is 1260 g/mol. The van der Waals surface area contributed by atoms with Gasteiger partial charge >= 0.3 is 0 Å². The summed E-state index contributed by atoms with van der Waals surface area (Å²) < 4.78 is 0. The maximum absolute atomic E-state index is 1.78. The molecule has 31 spiro atoms. The van der Waals surface area contributed by atoms with Gasteiger partial charge in [0.1, 0.15) is 0 Å². The van der Waals surface area contributed by atoms with Crippen molar-refractivity contribution in [2.24, 2.45) is 547 Å². The van der Waals surface area contributed by atoms with Gasteiger partial charge in [0, 0.05) is 0 Å². The van der Waals surface area contributed by atoms with E-state index in [2.05, 4.69) is 0 Å². The number of rotatable bonds is 0. The first-order chi connectivity index (χ1) is 49.2. The lowest BCUT2D eigenvalue weighted by molar-refractivity contribution is -0.970. The second-order valence-electron chi connectivity index (χ2n) is 62.3. The third-order valence-corrected chi connectivity index (χ3v) is 80.5. The SMILES string of the molecule is C1C2CC3C4C5C6C7C8C9C%10C%11C%12C%13C%14C%15C%16C%17C%18C%19C%20C%21C%22C%23C%24C%25C%26C%27C%28C%29C%30C%31C%32C%33CC%34CC%35C%36C%37C%38C%39C%40C%41C%42C%43C%44C%45C%46C%47C%48C%49C%50C%51C%52C%53C%54C%55C%56C%57C%58C%59C%60C%61C%62C%63C%64C1C23C%644C%635C%626C%617C%608C%599C%58%10C%57%11C%56%12C%55%13C%54%14C%53%15C%52%16C%51%17C%50%18C%49%19C%48%20C%47%21C%46%22C%45%23C%44%24C%43%25C%42%26C%41%27C%40%28C%39%29C%38%30C%37%31C%36%32C%34%35%33. The molecule has 0 amide bonds. The first-order valence-corrected chi connectivity index (χ1v) is 49.2. The Kier molecular flexibility index (Phi) is 2.31. The highest BCUT2D eigenvalue weighted by atomic mass is 15.5. The second-order valence-corrected chi connectivity index (χ2v) is 62.3. The second kappa shape index (κ2) is 6.32. The molecule has 64 aliphatic carbocycles. The van der Waals surface area contributed by atoms with E-state index >= 15 is 0 Å². The number of fused-ring (bicyclic) bond motifs is 60. The molecule has 0 aromatic carbocycles. The molecule has 0 nitrogen and oxygen atoms in total. The Hall–Kier alpha value is 0. The predicted octanol–water partition coefficient (Wildman–Crippen LogP) is 9.43. The zero-order valence-corrected chi connectivity index (χ0v) is 55.3. The lowest BCUT2D eigenvalue weighted by Crippen LogP contribution is -3.40. The number of hydrogen-bond acceptors (Lipinski definition) is 0. The summed E-state index contributed by atoms with van der Waals surface area (Å²) in [6.07, 6.45) is 7.11. The topological polar surface area (TPSA) is 0 Å². The molecule has 60 unspecified atom stereocenters. The molecule has 0 saturated heterocycles. The zero-order valence-electron chi connectivity index (χ0n) is 55.3. The highest BCUT2D eigenvalue weighted by Gasteiger charge is 3.47. The van der Waals surface area contributed by atoms with E-state index in [4.69, 9.17) is 0 Å². The minimum absolute atomic E-state index is 1.07. The molecule has 0 heteroatoms. The van der Waals surface area contributed by atoms with Crippen molar-refractivity contribution in [2.45, 2.75) is 25.7 Å². The summed E-state index contributed by atoms with van der Waals surface area (Å²) >= 11 is 0. The van der Waals surface area contributed by atoms with E-state index in [-0.39, 0.29) is 0 Å². The highest BCUT2D eigenvalue weighted by molar-refractivity contribution is 5.92. The minimum Gasteiger partial charge on any atom is -0.0461 e. The Morgan fingerprint density at radius 1 is 0.0909 bits per heavy atom. The van der Waals surface area contributed by atoms with Gasteiger partial charge in [-0.25, -0.2) is 0 Å². The van der Waals surface area contributed by atoms with Crippen LogP contribution >= 0.6 is 0 Å². The fourth-order valence-corrected chi connectivity index (χ4v) is 96.5. The quantitative estimate of drug-likeness (QED) is 0.227. The van der Waals surface area contributed by atoms with Crippen LogP contribution in [0.15, 0.2) is 0 Å². The monoisotopic (exact) mass is 1260 g/mol. The molecule has 0 bridgehead atoms. The molecule has 60 atom stereocenters. The van der Waals surface area contributed by atoms with Crippen LogP contribution in [-0.4, -0.2) is 0 Å². The van der Waals surface area contributed by atoms with Gasteiger partial charge < -0.3 is 0 Å². The summed E-state index contributed by atoms with van der Waals surface area (Å²) in [6, 6.07) is 0. The van der Waals surface area contributed by atoms with Crippen molar-refractivity contribution in [1.82, 2.24) is 0 Å². The molecule has 468 valence electrons. The van der Waals surface area contributed by atoms with Crippen LogP contribution < -0.4 is 0 Å². The molecule has 64 aliphatic rings. The fraction of sp³-hybridized carbons (Fsp3) is 1.00. The van der Waals surface area contributed by atoms with Gasteiger partial charge in [0.2, 0.25) is 0 Å². The Bertz CT molecular complexity index is 5860. The first kappa shape index (κ1) is 36.2. The van der Waals surface area contributed by atoms with Crippen molar-refractivity contribution in [3.8, 4) is 0 Å². The van der Waals surface area contributed by atoms with Crippen LogP contribution in [0.4, 0.5) is 0 Å². The third-order valence-electron chi connectivity index (χ3n) is 80.5. The van der Waals surface area contributed by atoms with Crippen molar-refractivity contribution in [3.63, 3.8) is 0 Å². The van der Waals surface area contributed by atoms with Crippen molar-refractivity contribution in [3.05, 3.63) is 0 Å². The Balaban J connectivity index is 0.360. The van der Waals surface area contributed by atoms with Crippen LogP contribution in [0.3, 0.4) is 0 Å². The molecule has 64 fully saturated rings. The summed E-state index contributed by atoms with van der Waals surface area (Å²) in [5, 5.41) is 0. The van der Waals surface area contributed by atoms with Crippen molar-refractivity contribution in [1.29, 1.82) is 0 Å². The van der Waals surface area contributed by atoms with E-state index in [0.717, 1.165) is 168 Å².